The van der Waals surface area contributed by atoms with Crippen molar-refractivity contribution in [2.45, 2.75) is 50.4 Å². The number of carbonyl (C=O) groups is 1. The summed E-state index contributed by atoms with van der Waals surface area (Å²) in [5.74, 6) is -0.162. The molecule has 1 aromatic carbocycles. The molecule has 2 aliphatic heterocycles. The van der Waals surface area contributed by atoms with Crippen molar-refractivity contribution in [2.75, 3.05) is 18.4 Å². The van der Waals surface area contributed by atoms with Gasteiger partial charge in [0.1, 0.15) is 5.82 Å². The first-order valence-corrected chi connectivity index (χ1v) is 10.7. The molecule has 2 aliphatic rings. The number of hydrogen-bond donors (Lipinski definition) is 1. The summed E-state index contributed by atoms with van der Waals surface area (Å²) in [6.45, 7) is 1.20. The Morgan fingerprint density at radius 3 is 2.40 bits per heavy atom. The van der Waals surface area contributed by atoms with Crippen LogP contribution in [0.25, 0.3) is 0 Å². The van der Waals surface area contributed by atoms with E-state index in [1.165, 1.54) is 6.07 Å². The topological polar surface area (TPSA) is 50.2 Å². The van der Waals surface area contributed by atoms with Crippen LogP contribution in [0.4, 0.5) is 19.0 Å². The van der Waals surface area contributed by atoms with Crippen LogP contribution in [0, 0.1) is 0 Å². The molecule has 10 heteroatoms. The van der Waals surface area contributed by atoms with Crippen LogP contribution in [0.2, 0.25) is 10.0 Å². The second-order valence-corrected chi connectivity index (χ2v) is 8.54. The fraction of sp³-hybridized carbons (Fsp3) is 0.500. The number of alkyl halides is 3. The summed E-state index contributed by atoms with van der Waals surface area (Å²) in [6.07, 6.45) is -0.906. The summed E-state index contributed by atoms with van der Waals surface area (Å²) >= 11 is 12.0. The predicted molar refractivity (Wildman–Crippen MR) is 109 cm³/mol. The maximum atomic E-state index is 13.8. The lowest BCUT2D eigenvalue weighted by atomic mass is 9.97. The molecule has 2 unspecified atom stereocenters. The molecular weight excluding hydrogens is 440 g/mol. The monoisotopic (exact) mass is 460 g/mol. The van der Waals surface area contributed by atoms with E-state index in [1.807, 2.05) is 0 Å². The van der Waals surface area contributed by atoms with Gasteiger partial charge < -0.3 is 10.2 Å². The molecule has 0 radical (unpaired) electrons. The van der Waals surface area contributed by atoms with Gasteiger partial charge in [-0.2, -0.15) is 18.3 Å². The van der Waals surface area contributed by atoms with Gasteiger partial charge in [0.05, 0.1) is 16.1 Å². The van der Waals surface area contributed by atoms with Gasteiger partial charge in [0.15, 0.2) is 11.7 Å². The van der Waals surface area contributed by atoms with Crippen LogP contribution in [-0.2, 0) is 0 Å². The van der Waals surface area contributed by atoms with Gasteiger partial charge in [-0.05, 0) is 30.5 Å². The van der Waals surface area contributed by atoms with E-state index >= 15 is 0 Å². The number of hydrogen-bond acceptors (Lipinski definition) is 3. The molecule has 0 bridgehead atoms. The van der Waals surface area contributed by atoms with E-state index in [9.17, 15) is 18.0 Å². The lowest BCUT2D eigenvalue weighted by Gasteiger charge is -2.33. The number of fused-ring (bicyclic) bond motifs is 1. The van der Waals surface area contributed by atoms with Gasteiger partial charge in [-0.25, -0.2) is 4.68 Å². The Morgan fingerprint density at radius 1 is 1.07 bits per heavy atom. The molecule has 1 aromatic heterocycles. The summed E-state index contributed by atoms with van der Waals surface area (Å²) in [4.78, 5) is 14.6. The number of carbonyl (C=O) groups excluding carboxylic acids is 1. The van der Waals surface area contributed by atoms with Crippen molar-refractivity contribution in [1.29, 1.82) is 0 Å². The van der Waals surface area contributed by atoms with Crippen molar-refractivity contribution in [3.8, 4) is 0 Å². The molecule has 0 aliphatic carbocycles. The second kappa shape index (κ2) is 8.30. The van der Waals surface area contributed by atoms with Gasteiger partial charge in [-0.1, -0.05) is 42.1 Å². The van der Waals surface area contributed by atoms with E-state index in [-0.39, 0.29) is 28.9 Å². The first-order valence-electron chi connectivity index (χ1n) is 9.91. The molecule has 0 saturated carbocycles. The quantitative estimate of drug-likeness (QED) is 0.609. The molecule has 5 nitrogen and oxygen atoms in total. The van der Waals surface area contributed by atoms with Gasteiger partial charge in [0.2, 0.25) is 0 Å². The van der Waals surface area contributed by atoms with Gasteiger partial charge in [0.25, 0.3) is 5.91 Å². The number of halogens is 5. The third-order valence-electron chi connectivity index (χ3n) is 5.65. The van der Waals surface area contributed by atoms with Crippen LogP contribution < -0.4 is 5.32 Å². The summed E-state index contributed by atoms with van der Waals surface area (Å²) in [5.41, 5.74) is 0.620. The average Bonchev–Trinajstić information content (AvgIpc) is 2.93. The standard InChI is InChI=1S/C20H21Cl2F3N4O/c21-13-6-5-12(9-14(13)22)15-10-17(20(23,24)25)29-18(26-15)11-16(27-29)19(30)28-7-3-1-2-4-8-28/h5-6,9,11,15,17,26H,1-4,7-8,10H2. The van der Waals surface area contributed by atoms with E-state index in [0.717, 1.165) is 30.4 Å². The second-order valence-electron chi connectivity index (χ2n) is 7.73. The Hall–Kier alpha value is -1.93. The van der Waals surface area contributed by atoms with E-state index in [1.54, 1.807) is 23.1 Å². The van der Waals surface area contributed by atoms with Crippen molar-refractivity contribution in [3.05, 3.63) is 45.6 Å². The number of amides is 1. The van der Waals surface area contributed by atoms with Crippen molar-refractivity contribution in [2.24, 2.45) is 0 Å². The van der Waals surface area contributed by atoms with Crippen LogP contribution in [0.5, 0.6) is 0 Å². The molecule has 1 saturated heterocycles. The Kier molecular flexibility index (Phi) is 5.90. The van der Waals surface area contributed by atoms with Crippen LogP contribution in [-0.4, -0.2) is 39.9 Å². The Morgan fingerprint density at radius 2 is 1.77 bits per heavy atom. The van der Waals surface area contributed by atoms with Crippen LogP contribution >= 0.6 is 23.2 Å². The third kappa shape index (κ3) is 4.25. The molecule has 162 valence electrons. The zero-order valence-corrected chi connectivity index (χ0v) is 17.6. The van der Waals surface area contributed by atoms with Crippen molar-refractivity contribution >= 4 is 34.9 Å². The normalized spacial score (nSPS) is 22.2. The molecule has 0 spiro atoms. The molecule has 1 fully saturated rings. The number of likely N-dealkylation sites (tertiary alicyclic amines) is 1. The third-order valence-corrected chi connectivity index (χ3v) is 6.39. The maximum absolute atomic E-state index is 13.8. The van der Waals surface area contributed by atoms with E-state index in [0.29, 0.717) is 23.7 Å². The molecule has 1 N–H and O–H groups in total. The molecule has 30 heavy (non-hydrogen) atoms. The number of anilines is 1. The number of aromatic nitrogens is 2. The van der Waals surface area contributed by atoms with Crippen LogP contribution in [0.3, 0.4) is 0 Å². The lowest BCUT2D eigenvalue weighted by Crippen LogP contribution is -2.36. The summed E-state index contributed by atoms with van der Waals surface area (Å²) < 4.78 is 42.4. The van der Waals surface area contributed by atoms with Crippen LogP contribution in [0.1, 0.15) is 60.2 Å². The number of nitrogens with one attached hydrogen (secondary N) is 1. The minimum atomic E-state index is -4.51. The predicted octanol–water partition coefficient (Wildman–Crippen LogP) is 5.87. The van der Waals surface area contributed by atoms with E-state index in [4.69, 9.17) is 23.2 Å². The van der Waals surface area contributed by atoms with E-state index in [2.05, 4.69) is 10.4 Å². The summed E-state index contributed by atoms with van der Waals surface area (Å²) in [6, 6.07) is 3.69. The van der Waals surface area contributed by atoms with E-state index < -0.39 is 18.3 Å². The number of rotatable bonds is 2. The molecule has 1 amide bonds. The minimum Gasteiger partial charge on any atom is -0.363 e. The molecule has 4 rings (SSSR count). The van der Waals surface area contributed by atoms with Crippen molar-refractivity contribution < 1.29 is 18.0 Å². The molecule has 3 heterocycles. The van der Waals surface area contributed by atoms with Crippen molar-refractivity contribution in [1.82, 2.24) is 14.7 Å². The minimum absolute atomic E-state index is 0.0310. The Labute approximate surface area is 182 Å². The highest BCUT2D eigenvalue weighted by molar-refractivity contribution is 6.42. The van der Waals surface area contributed by atoms with Crippen molar-refractivity contribution in [3.63, 3.8) is 0 Å². The first kappa shape index (κ1) is 21.3. The van der Waals surface area contributed by atoms with Gasteiger partial charge in [-0.15, -0.1) is 0 Å². The fourth-order valence-corrected chi connectivity index (χ4v) is 4.37. The zero-order valence-electron chi connectivity index (χ0n) is 16.1. The fourth-order valence-electron chi connectivity index (χ4n) is 4.06. The highest BCUT2D eigenvalue weighted by Gasteiger charge is 2.47. The summed E-state index contributed by atoms with van der Waals surface area (Å²) in [5, 5.41) is 7.75. The molecule has 2 aromatic rings. The van der Waals surface area contributed by atoms with Gasteiger partial charge >= 0.3 is 6.18 Å². The Balaban J connectivity index is 1.66. The largest absolute Gasteiger partial charge is 0.410 e. The zero-order chi connectivity index (χ0) is 21.5. The Bertz CT molecular complexity index is 939. The highest BCUT2D eigenvalue weighted by Crippen LogP contribution is 2.44. The molecule has 2 atom stereocenters. The maximum Gasteiger partial charge on any atom is 0.410 e. The average molecular weight is 461 g/mol. The first-order chi connectivity index (χ1) is 14.2. The van der Waals surface area contributed by atoms with Gasteiger partial charge in [0, 0.05) is 25.6 Å². The lowest BCUT2D eigenvalue weighted by molar-refractivity contribution is -0.173. The summed E-state index contributed by atoms with van der Waals surface area (Å²) in [7, 11) is 0. The smallest absolute Gasteiger partial charge is 0.363 e. The number of benzene rings is 1. The SMILES string of the molecule is O=C(c1cc2n(n1)C(C(F)(F)F)CC(c1ccc(Cl)c(Cl)c1)N2)N1CCCCCC1. The number of nitrogens with zero attached hydrogens (tertiary/aromatic N) is 3. The van der Waals surface area contributed by atoms with Gasteiger partial charge in [-0.3, -0.25) is 4.79 Å². The van der Waals surface area contributed by atoms with Crippen LogP contribution in [0.15, 0.2) is 24.3 Å². The highest BCUT2D eigenvalue weighted by atomic mass is 35.5. The molecular formula is C20H21Cl2F3N4O.